The highest BCUT2D eigenvalue weighted by molar-refractivity contribution is 7.21. The van der Waals surface area contributed by atoms with Gasteiger partial charge in [-0.05, 0) is 37.8 Å². The van der Waals surface area contributed by atoms with Crippen LogP contribution in [0.5, 0.6) is 0 Å². The lowest BCUT2D eigenvalue weighted by molar-refractivity contribution is -0.126. The number of methoxy groups -OCH3 is 1. The molecule has 0 unspecified atom stereocenters. The third-order valence-corrected chi connectivity index (χ3v) is 5.20. The number of halogens is 1. The second kappa shape index (κ2) is 8.57. The lowest BCUT2D eigenvalue weighted by Gasteiger charge is -2.33. The third kappa shape index (κ3) is 5.75. The maximum absolute atomic E-state index is 14.2. The van der Waals surface area contributed by atoms with Crippen LogP contribution in [0.4, 0.5) is 4.39 Å². The molecule has 0 bridgehead atoms. The first kappa shape index (κ1) is 22.3. The van der Waals surface area contributed by atoms with Crippen molar-refractivity contribution in [1.82, 2.24) is 5.32 Å². The number of hydrogen-bond donors (Lipinski definition) is 1. The summed E-state index contributed by atoms with van der Waals surface area (Å²) >= 11 is 1.13. The minimum atomic E-state index is -0.656. The van der Waals surface area contributed by atoms with Crippen molar-refractivity contribution >= 4 is 33.3 Å². The van der Waals surface area contributed by atoms with E-state index in [2.05, 4.69) is 26.1 Å². The molecule has 0 saturated heterocycles. The van der Waals surface area contributed by atoms with E-state index in [1.165, 1.54) is 13.2 Å². The molecule has 7 heteroatoms. The standard InChI is InChI=1S/C21H28FNO4S/c1-20(2,3)12-21(4,5)23-16(24)11-27-19(25)18-13(10-26-6)17-14(22)8-7-9-15(17)28-18/h7-9H,10-12H2,1-6H3,(H,23,24). The SMILES string of the molecule is COCc1c(C(=O)OCC(=O)NC(C)(C)CC(C)(C)C)sc2cccc(F)c12. The van der Waals surface area contributed by atoms with Crippen LogP contribution < -0.4 is 5.32 Å². The minimum Gasteiger partial charge on any atom is -0.451 e. The topological polar surface area (TPSA) is 64.6 Å². The third-order valence-electron chi connectivity index (χ3n) is 4.02. The first-order valence-corrected chi connectivity index (χ1v) is 9.92. The zero-order chi connectivity index (χ0) is 21.1. The first-order chi connectivity index (χ1) is 12.9. The van der Waals surface area contributed by atoms with Crippen LogP contribution in [0.25, 0.3) is 10.1 Å². The van der Waals surface area contributed by atoms with Crippen LogP contribution in [0.2, 0.25) is 0 Å². The van der Waals surface area contributed by atoms with E-state index in [4.69, 9.17) is 9.47 Å². The van der Waals surface area contributed by atoms with E-state index in [-0.39, 0.29) is 22.8 Å². The Labute approximate surface area is 169 Å². The van der Waals surface area contributed by atoms with Crippen LogP contribution >= 0.6 is 11.3 Å². The Morgan fingerprint density at radius 1 is 1.18 bits per heavy atom. The van der Waals surface area contributed by atoms with Gasteiger partial charge in [0.05, 0.1) is 6.61 Å². The summed E-state index contributed by atoms with van der Waals surface area (Å²) in [6.07, 6.45) is 0.771. The molecule has 28 heavy (non-hydrogen) atoms. The number of thiophene rings is 1. The van der Waals surface area contributed by atoms with Gasteiger partial charge in [-0.3, -0.25) is 4.79 Å². The molecule has 0 spiro atoms. The van der Waals surface area contributed by atoms with Gasteiger partial charge in [-0.25, -0.2) is 9.18 Å². The zero-order valence-corrected chi connectivity index (χ0v) is 18.1. The number of rotatable bonds is 7. The van der Waals surface area contributed by atoms with E-state index in [0.29, 0.717) is 15.6 Å². The van der Waals surface area contributed by atoms with Gasteiger partial charge in [0, 0.05) is 28.3 Å². The van der Waals surface area contributed by atoms with E-state index in [9.17, 15) is 14.0 Å². The molecule has 1 aromatic heterocycles. The molecule has 0 radical (unpaired) electrons. The second-order valence-corrected chi connectivity index (χ2v) is 9.75. The molecular weight excluding hydrogens is 381 g/mol. The molecule has 0 aliphatic carbocycles. The number of benzene rings is 1. The smallest absolute Gasteiger partial charge is 0.349 e. The molecule has 1 amide bonds. The fourth-order valence-corrected chi connectivity index (χ4v) is 4.71. The second-order valence-electron chi connectivity index (χ2n) is 8.70. The average Bonchev–Trinajstić information content (AvgIpc) is 2.90. The number of esters is 1. The van der Waals surface area contributed by atoms with E-state index >= 15 is 0 Å². The molecule has 0 atom stereocenters. The number of amides is 1. The summed E-state index contributed by atoms with van der Waals surface area (Å²) in [6.45, 7) is 9.84. The number of nitrogens with one attached hydrogen (secondary N) is 1. The van der Waals surface area contributed by atoms with Crippen molar-refractivity contribution in [3.63, 3.8) is 0 Å². The van der Waals surface area contributed by atoms with Crippen molar-refractivity contribution in [3.8, 4) is 0 Å². The predicted molar refractivity (Wildman–Crippen MR) is 109 cm³/mol. The van der Waals surface area contributed by atoms with Crippen LogP contribution in [0.1, 0.15) is 56.3 Å². The number of carbonyl (C=O) groups excluding carboxylic acids is 2. The van der Waals surface area contributed by atoms with Gasteiger partial charge in [0.25, 0.3) is 5.91 Å². The van der Waals surface area contributed by atoms with Crippen molar-refractivity contribution in [2.75, 3.05) is 13.7 Å². The van der Waals surface area contributed by atoms with Crippen LogP contribution in [-0.2, 0) is 20.9 Å². The molecule has 1 heterocycles. The average molecular weight is 410 g/mol. The van der Waals surface area contributed by atoms with Crippen LogP contribution in [0.15, 0.2) is 18.2 Å². The number of hydrogen-bond acceptors (Lipinski definition) is 5. The van der Waals surface area contributed by atoms with Gasteiger partial charge in [0.15, 0.2) is 6.61 Å². The molecule has 1 aromatic carbocycles. The molecule has 5 nitrogen and oxygen atoms in total. The molecule has 0 fully saturated rings. The fourth-order valence-electron chi connectivity index (χ4n) is 3.59. The summed E-state index contributed by atoms with van der Waals surface area (Å²) in [5.41, 5.74) is 0.0620. The van der Waals surface area contributed by atoms with E-state index < -0.39 is 23.9 Å². The fraction of sp³-hybridized carbons (Fsp3) is 0.524. The van der Waals surface area contributed by atoms with Crippen molar-refractivity contribution < 1.29 is 23.5 Å². The maximum Gasteiger partial charge on any atom is 0.349 e. The normalized spacial score (nSPS) is 12.2. The largest absolute Gasteiger partial charge is 0.451 e. The van der Waals surface area contributed by atoms with Crippen molar-refractivity contribution in [2.45, 2.75) is 53.2 Å². The number of carbonyl (C=O) groups is 2. The quantitative estimate of drug-likeness (QED) is 0.675. The number of fused-ring (bicyclic) bond motifs is 1. The lowest BCUT2D eigenvalue weighted by Crippen LogP contribution is -2.47. The van der Waals surface area contributed by atoms with Crippen LogP contribution in [0.3, 0.4) is 0 Å². The van der Waals surface area contributed by atoms with E-state index in [1.807, 2.05) is 13.8 Å². The monoisotopic (exact) mass is 409 g/mol. The highest BCUT2D eigenvalue weighted by Gasteiger charge is 2.28. The van der Waals surface area contributed by atoms with Gasteiger partial charge in [-0.15, -0.1) is 11.3 Å². The Morgan fingerprint density at radius 2 is 1.86 bits per heavy atom. The summed E-state index contributed by atoms with van der Waals surface area (Å²) < 4.78 is 25.2. The van der Waals surface area contributed by atoms with Crippen molar-refractivity contribution in [3.05, 3.63) is 34.5 Å². The zero-order valence-electron chi connectivity index (χ0n) is 17.3. The van der Waals surface area contributed by atoms with Gasteiger partial charge in [0.1, 0.15) is 10.7 Å². The molecule has 0 aliphatic rings. The van der Waals surface area contributed by atoms with Crippen LogP contribution in [-0.4, -0.2) is 31.1 Å². The molecule has 0 saturated carbocycles. The van der Waals surface area contributed by atoms with E-state index in [0.717, 1.165) is 17.8 Å². The van der Waals surface area contributed by atoms with E-state index in [1.54, 1.807) is 12.1 Å². The summed E-state index contributed by atoms with van der Waals surface area (Å²) in [5.74, 6) is -1.44. The highest BCUT2D eigenvalue weighted by Crippen LogP contribution is 2.34. The summed E-state index contributed by atoms with van der Waals surface area (Å²) in [7, 11) is 1.48. The Kier molecular flexibility index (Phi) is 6.83. The Bertz CT molecular complexity index is 867. The Morgan fingerprint density at radius 3 is 2.46 bits per heavy atom. The maximum atomic E-state index is 14.2. The molecule has 1 N–H and O–H groups in total. The highest BCUT2D eigenvalue weighted by atomic mass is 32.1. The Hall–Kier alpha value is -1.99. The predicted octanol–water partition coefficient (Wildman–Crippen LogP) is 4.67. The van der Waals surface area contributed by atoms with Gasteiger partial charge in [0.2, 0.25) is 0 Å². The molecule has 2 aromatic rings. The van der Waals surface area contributed by atoms with Crippen molar-refractivity contribution in [2.24, 2.45) is 5.41 Å². The Balaban J connectivity index is 2.10. The first-order valence-electron chi connectivity index (χ1n) is 9.10. The molecular formula is C21H28FNO4S. The molecule has 154 valence electrons. The van der Waals surface area contributed by atoms with Crippen LogP contribution in [0, 0.1) is 11.2 Å². The molecule has 0 aliphatic heterocycles. The molecule has 2 rings (SSSR count). The van der Waals surface area contributed by atoms with Gasteiger partial charge in [-0.2, -0.15) is 0 Å². The van der Waals surface area contributed by atoms with Crippen molar-refractivity contribution in [1.29, 1.82) is 0 Å². The van der Waals surface area contributed by atoms with Gasteiger partial charge in [-0.1, -0.05) is 26.8 Å². The van der Waals surface area contributed by atoms with Gasteiger partial charge >= 0.3 is 5.97 Å². The summed E-state index contributed by atoms with van der Waals surface area (Å²) in [5, 5.41) is 3.26. The lowest BCUT2D eigenvalue weighted by atomic mass is 9.82. The number of ether oxygens (including phenoxy) is 2. The van der Waals surface area contributed by atoms with Gasteiger partial charge < -0.3 is 14.8 Å². The summed E-state index contributed by atoms with van der Waals surface area (Å²) in [4.78, 5) is 25.1. The minimum absolute atomic E-state index is 0.0453. The summed E-state index contributed by atoms with van der Waals surface area (Å²) in [6, 6.07) is 4.67.